The molecule has 0 saturated carbocycles. The van der Waals surface area contributed by atoms with Crippen molar-refractivity contribution in [2.45, 2.75) is 39.9 Å². The molecular weight excluding hydrogens is 563 g/mol. The zero-order chi connectivity index (χ0) is 30.1. The minimum Gasteiger partial charge on any atom is -0.480 e. The standard InChI is InChI=1S/C26H28F3N7O4S/c1-6-41(38,39)35-23(37)19-11-17(12-30-24(19)40-5)20-13-31-25(32-18-8-14(2)7-15(3)9-18)33-22(20)36-16(4)10-21(34-36)26(27,28)29/h7-13,21,34H,6H2,1-5H3,(H,35,37)(H,31,32,33). The van der Waals surface area contributed by atoms with E-state index >= 15 is 0 Å². The predicted molar refractivity (Wildman–Crippen MR) is 147 cm³/mol. The highest BCUT2D eigenvalue weighted by molar-refractivity contribution is 7.90. The van der Waals surface area contributed by atoms with Crippen LogP contribution in [0.2, 0.25) is 0 Å². The third-order valence-electron chi connectivity index (χ3n) is 6.07. The third-order valence-corrected chi connectivity index (χ3v) is 7.32. The molecule has 0 spiro atoms. The molecule has 4 rings (SSSR count). The second-order valence-electron chi connectivity index (χ2n) is 9.34. The lowest BCUT2D eigenvalue weighted by Gasteiger charge is -2.25. The summed E-state index contributed by atoms with van der Waals surface area (Å²) in [4.78, 5) is 25.8. The zero-order valence-corrected chi connectivity index (χ0v) is 23.6. The quantitative estimate of drug-likeness (QED) is 0.350. The largest absolute Gasteiger partial charge is 0.480 e. The number of alkyl halides is 3. The minimum atomic E-state index is -4.57. The van der Waals surface area contributed by atoms with Gasteiger partial charge in [-0.3, -0.25) is 9.80 Å². The number of allylic oxidation sites excluding steroid dienone is 1. The van der Waals surface area contributed by atoms with Gasteiger partial charge in [0.05, 0.1) is 12.9 Å². The van der Waals surface area contributed by atoms with Gasteiger partial charge in [0.2, 0.25) is 21.9 Å². The fourth-order valence-corrected chi connectivity index (χ4v) is 4.70. The fourth-order valence-electron chi connectivity index (χ4n) is 4.17. The van der Waals surface area contributed by atoms with Crippen molar-refractivity contribution in [3.63, 3.8) is 0 Å². The van der Waals surface area contributed by atoms with Crippen molar-refractivity contribution in [3.8, 4) is 17.0 Å². The Morgan fingerprint density at radius 3 is 2.37 bits per heavy atom. The number of rotatable bonds is 8. The normalized spacial score (nSPS) is 15.5. The molecule has 1 atom stereocenters. The van der Waals surface area contributed by atoms with E-state index in [2.05, 4.69) is 25.7 Å². The average Bonchev–Trinajstić information content (AvgIpc) is 3.29. The van der Waals surface area contributed by atoms with E-state index < -0.39 is 28.1 Å². The Bertz CT molecular complexity index is 1610. The van der Waals surface area contributed by atoms with Crippen LogP contribution in [-0.2, 0) is 10.0 Å². The second-order valence-corrected chi connectivity index (χ2v) is 11.4. The van der Waals surface area contributed by atoms with Gasteiger partial charge in [-0.2, -0.15) is 18.2 Å². The Morgan fingerprint density at radius 1 is 1.10 bits per heavy atom. The summed E-state index contributed by atoms with van der Waals surface area (Å²) in [5.41, 5.74) is 5.50. The number of hydrogen-bond donors (Lipinski definition) is 3. The molecule has 3 heterocycles. The van der Waals surface area contributed by atoms with Crippen molar-refractivity contribution in [2.75, 3.05) is 23.2 Å². The van der Waals surface area contributed by atoms with Crippen LogP contribution in [0.15, 0.2) is 48.4 Å². The number of hydrogen-bond acceptors (Lipinski definition) is 10. The van der Waals surface area contributed by atoms with Gasteiger partial charge in [-0.1, -0.05) is 6.07 Å². The molecule has 0 saturated heterocycles. The van der Waals surface area contributed by atoms with Gasteiger partial charge in [0, 0.05) is 34.9 Å². The molecule has 1 unspecified atom stereocenters. The number of nitrogens with zero attached hydrogens (tertiary/aromatic N) is 4. The van der Waals surface area contributed by atoms with Crippen molar-refractivity contribution < 1.29 is 31.1 Å². The molecule has 1 aliphatic heterocycles. The van der Waals surface area contributed by atoms with Gasteiger partial charge in [-0.05, 0) is 63.1 Å². The number of halogens is 3. The van der Waals surface area contributed by atoms with Crippen LogP contribution in [0.5, 0.6) is 5.88 Å². The van der Waals surface area contributed by atoms with E-state index in [1.54, 1.807) is 0 Å². The highest BCUT2D eigenvalue weighted by Crippen LogP contribution is 2.36. The number of benzene rings is 1. The van der Waals surface area contributed by atoms with Crippen molar-refractivity contribution in [1.29, 1.82) is 0 Å². The molecule has 1 aromatic carbocycles. The number of nitrogens with one attached hydrogen (secondary N) is 3. The van der Waals surface area contributed by atoms with Gasteiger partial charge in [0.15, 0.2) is 5.82 Å². The molecule has 0 fully saturated rings. The number of amides is 1. The van der Waals surface area contributed by atoms with Gasteiger partial charge in [-0.15, -0.1) is 0 Å². The molecule has 2 aromatic heterocycles. The summed E-state index contributed by atoms with van der Waals surface area (Å²) < 4.78 is 71.8. The first-order valence-electron chi connectivity index (χ1n) is 12.3. The predicted octanol–water partition coefficient (Wildman–Crippen LogP) is 4.15. The summed E-state index contributed by atoms with van der Waals surface area (Å²) in [6.07, 6.45) is -0.860. The Labute approximate surface area is 234 Å². The monoisotopic (exact) mass is 591 g/mol. The van der Waals surface area contributed by atoms with Crippen molar-refractivity contribution >= 4 is 33.4 Å². The number of aromatic nitrogens is 3. The molecule has 1 amide bonds. The number of sulfonamides is 1. The van der Waals surface area contributed by atoms with E-state index in [0.717, 1.165) is 17.2 Å². The molecule has 3 aromatic rings. The summed E-state index contributed by atoms with van der Waals surface area (Å²) in [5, 5.41) is 4.25. The van der Waals surface area contributed by atoms with Crippen molar-refractivity contribution in [2.24, 2.45) is 0 Å². The SMILES string of the molecule is CCS(=O)(=O)NC(=O)c1cc(-c2cnc(Nc3cc(C)cc(C)c3)nc2N2NC(C(F)(F)F)C=C2C)cnc1OC. The van der Waals surface area contributed by atoms with E-state index in [1.807, 2.05) is 36.8 Å². The van der Waals surface area contributed by atoms with E-state index in [1.165, 1.54) is 44.4 Å². The van der Waals surface area contributed by atoms with E-state index in [4.69, 9.17) is 4.74 Å². The number of anilines is 3. The highest BCUT2D eigenvalue weighted by Gasteiger charge is 2.43. The van der Waals surface area contributed by atoms with Crippen LogP contribution in [0.25, 0.3) is 11.1 Å². The summed E-state index contributed by atoms with van der Waals surface area (Å²) in [6, 6.07) is 5.06. The number of carbonyl (C=O) groups is 1. The van der Waals surface area contributed by atoms with Crippen LogP contribution in [-0.4, -0.2) is 54.4 Å². The number of ether oxygens (including phenoxy) is 1. The van der Waals surface area contributed by atoms with Crippen LogP contribution in [0.3, 0.4) is 0 Å². The topological polar surface area (TPSA) is 138 Å². The smallest absolute Gasteiger partial charge is 0.409 e. The van der Waals surface area contributed by atoms with Crippen LogP contribution in [0, 0.1) is 13.8 Å². The van der Waals surface area contributed by atoms with E-state index in [9.17, 15) is 26.4 Å². The van der Waals surface area contributed by atoms with E-state index in [0.29, 0.717) is 5.69 Å². The summed E-state index contributed by atoms with van der Waals surface area (Å²) in [5.74, 6) is -1.34. The summed E-state index contributed by atoms with van der Waals surface area (Å²) >= 11 is 0. The molecule has 11 nitrogen and oxygen atoms in total. The Hall–Kier alpha value is -4.24. The zero-order valence-electron chi connectivity index (χ0n) is 22.8. The lowest BCUT2D eigenvalue weighted by molar-refractivity contribution is -0.142. The maximum Gasteiger partial charge on any atom is 0.409 e. The van der Waals surface area contributed by atoms with Crippen LogP contribution in [0.1, 0.15) is 35.3 Å². The van der Waals surface area contributed by atoms with Gasteiger partial charge < -0.3 is 10.1 Å². The first-order chi connectivity index (χ1) is 19.2. The molecule has 15 heteroatoms. The summed E-state index contributed by atoms with van der Waals surface area (Å²) in [7, 11) is -2.65. The van der Waals surface area contributed by atoms with Crippen LogP contribution in [0.4, 0.5) is 30.6 Å². The maximum atomic E-state index is 13.6. The lowest BCUT2D eigenvalue weighted by Crippen LogP contribution is -2.45. The fraction of sp³-hybridized carbons (Fsp3) is 0.308. The molecule has 41 heavy (non-hydrogen) atoms. The average molecular weight is 592 g/mol. The molecule has 1 aliphatic rings. The van der Waals surface area contributed by atoms with Gasteiger partial charge in [-0.25, -0.2) is 28.5 Å². The Balaban J connectivity index is 1.82. The minimum absolute atomic E-state index is 0.0341. The van der Waals surface area contributed by atoms with Crippen molar-refractivity contribution in [3.05, 3.63) is 65.1 Å². The van der Waals surface area contributed by atoms with Gasteiger partial charge >= 0.3 is 6.18 Å². The van der Waals surface area contributed by atoms with Gasteiger partial charge in [0.1, 0.15) is 11.6 Å². The highest BCUT2D eigenvalue weighted by atomic mass is 32.2. The maximum absolute atomic E-state index is 13.6. The Morgan fingerprint density at radius 2 is 1.78 bits per heavy atom. The number of methoxy groups -OCH3 is 1. The number of pyridine rings is 1. The molecule has 0 bridgehead atoms. The number of carbonyl (C=O) groups excluding carboxylic acids is 1. The third kappa shape index (κ3) is 6.74. The number of aryl methyl sites for hydroxylation is 2. The molecule has 3 N–H and O–H groups in total. The summed E-state index contributed by atoms with van der Waals surface area (Å²) in [6.45, 7) is 6.70. The first-order valence-corrected chi connectivity index (χ1v) is 14.0. The molecule has 0 radical (unpaired) electrons. The Kier molecular flexibility index (Phi) is 8.22. The second kappa shape index (κ2) is 11.3. The van der Waals surface area contributed by atoms with Crippen LogP contribution >= 0.6 is 0 Å². The van der Waals surface area contributed by atoms with Crippen LogP contribution < -0.4 is 25.2 Å². The molecule has 0 aliphatic carbocycles. The first kappa shape index (κ1) is 29.7. The number of hydrazine groups is 1. The molecule has 218 valence electrons. The van der Waals surface area contributed by atoms with Crippen molar-refractivity contribution in [1.82, 2.24) is 25.1 Å². The van der Waals surface area contributed by atoms with Gasteiger partial charge in [0.25, 0.3) is 5.91 Å². The molecular formula is C26H28F3N7O4S. The lowest BCUT2D eigenvalue weighted by atomic mass is 10.1. The van der Waals surface area contributed by atoms with E-state index in [-0.39, 0.29) is 45.8 Å².